The van der Waals surface area contributed by atoms with Crippen LogP contribution in [0, 0.1) is 0 Å². The third-order valence-electron chi connectivity index (χ3n) is 2.39. The van der Waals surface area contributed by atoms with Crippen LogP contribution in [-0.4, -0.2) is 73.0 Å². The lowest BCUT2D eigenvalue weighted by Gasteiger charge is -2.08. The molecular weight excluding hydrogens is 284 g/mol. The number of carbonyl (C=O) groups is 2. The van der Waals surface area contributed by atoms with Gasteiger partial charge in [0.1, 0.15) is 19.3 Å². The van der Waals surface area contributed by atoms with E-state index in [9.17, 15) is 9.59 Å². The molecule has 21 heavy (non-hydrogen) atoms. The van der Waals surface area contributed by atoms with E-state index in [0.717, 1.165) is 0 Å². The lowest BCUT2D eigenvalue weighted by molar-refractivity contribution is -0.148. The van der Waals surface area contributed by atoms with E-state index in [4.69, 9.17) is 29.5 Å². The van der Waals surface area contributed by atoms with Crippen molar-refractivity contribution < 1.29 is 39.1 Å². The van der Waals surface area contributed by atoms with Crippen molar-refractivity contribution in [2.45, 2.75) is 31.8 Å². The van der Waals surface area contributed by atoms with Crippen molar-refractivity contribution in [2.24, 2.45) is 0 Å². The summed E-state index contributed by atoms with van der Waals surface area (Å²) in [6.45, 7) is -0.165. The lowest BCUT2D eigenvalue weighted by Crippen LogP contribution is -2.21. The van der Waals surface area contributed by atoms with E-state index in [1.54, 1.807) is 0 Å². The van der Waals surface area contributed by atoms with Crippen molar-refractivity contribution in [3.63, 3.8) is 0 Å². The molecule has 8 heteroatoms. The minimum Gasteiger partial charge on any atom is -0.463 e. The van der Waals surface area contributed by atoms with E-state index in [1.165, 1.54) is 0 Å². The van der Waals surface area contributed by atoms with Crippen LogP contribution >= 0.6 is 0 Å². The molecule has 1 unspecified atom stereocenters. The Kier molecular flexibility index (Phi) is 13.0. The molecule has 0 aliphatic rings. The van der Waals surface area contributed by atoms with Gasteiger partial charge < -0.3 is 29.5 Å². The molecule has 0 saturated heterocycles. The van der Waals surface area contributed by atoms with Crippen LogP contribution in [0.25, 0.3) is 0 Å². The van der Waals surface area contributed by atoms with Crippen molar-refractivity contribution in [1.29, 1.82) is 0 Å². The Hall–Kier alpha value is -1.22. The Labute approximate surface area is 123 Å². The molecule has 0 aliphatic heterocycles. The highest BCUT2D eigenvalue weighted by Crippen LogP contribution is 2.03. The molecule has 3 N–H and O–H groups in total. The number of carbonyl (C=O) groups excluding carboxylic acids is 2. The Morgan fingerprint density at radius 3 is 2.10 bits per heavy atom. The monoisotopic (exact) mass is 308 g/mol. The molecule has 0 aromatic rings. The number of ether oxygens (including phenoxy) is 3. The molecule has 0 heterocycles. The first-order chi connectivity index (χ1) is 10.1. The Morgan fingerprint density at radius 1 is 0.905 bits per heavy atom. The molecule has 0 fully saturated rings. The minimum atomic E-state index is -1.06. The van der Waals surface area contributed by atoms with Crippen LogP contribution in [0.5, 0.6) is 0 Å². The Bertz CT molecular complexity index is 281. The van der Waals surface area contributed by atoms with Crippen molar-refractivity contribution in [1.82, 2.24) is 0 Å². The molecule has 0 radical (unpaired) electrons. The molecule has 0 bridgehead atoms. The summed E-state index contributed by atoms with van der Waals surface area (Å²) < 4.78 is 14.5. The van der Waals surface area contributed by atoms with Crippen LogP contribution in [0.15, 0.2) is 0 Å². The quantitative estimate of drug-likeness (QED) is 0.292. The van der Waals surface area contributed by atoms with Gasteiger partial charge in [-0.2, -0.15) is 0 Å². The molecule has 124 valence electrons. The SMILES string of the molecule is O=C(CCCCC(=O)OCC(O)CO)OCCOCCO. The summed E-state index contributed by atoms with van der Waals surface area (Å²) in [5.41, 5.74) is 0. The minimum absolute atomic E-state index is 0.0701. The molecule has 0 rings (SSSR count). The summed E-state index contributed by atoms with van der Waals surface area (Å²) in [4.78, 5) is 22.5. The average molecular weight is 308 g/mol. The van der Waals surface area contributed by atoms with Gasteiger partial charge in [-0.3, -0.25) is 9.59 Å². The molecule has 0 saturated carbocycles. The van der Waals surface area contributed by atoms with Gasteiger partial charge in [0.2, 0.25) is 0 Å². The van der Waals surface area contributed by atoms with Crippen LogP contribution < -0.4 is 0 Å². The maximum Gasteiger partial charge on any atom is 0.305 e. The van der Waals surface area contributed by atoms with E-state index in [-0.39, 0.29) is 51.8 Å². The highest BCUT2D eigenvalue weighted by Gasteiger charge is 2.08. The second-order valence-electron chi connectivity index (χ2n) is 4.28. The summed E-state index contributed by atoms with van der Waals surface area (Å²) in [7, 11) is 0. The van der Waals surface area contributed by atoms with Gasteiger partial charge in [-0.05, 0) is 12.8 Å². The third kappa shape index (κ3) is 13.5. The van der Waals surface area contributed by atoms with Crippen LogP contribution in [0.2, 0.25) is 0 Å². The van der Waals surface area contributed by atoms with Crippen LogP contribution in [0.3, 0.4) is 0 Å². The standard InChI is InChI=1S/C13H24O8/c14-5-6-19-7-8-20-12(17)3-1-2-4-13(18)21-10-11(16)9-15/h11,14-16H,1-10H2. The number of hydrogen-bond acceptors (Lipinski definition) is 8. The van der Waals surface area contributed by atoms with E-state index in [1.807, 2.05) is 0 Å². The maximum absolute atomic E-state index is 11.3. The fourth-order valence-corrected chi connectivity index (χ4v) is 1.31. The summed E-state index contributed by atoms with van der Waals surface area (Å²) >= 11 is 0. The third-order valence-corrected chi connectivity index (χ3v) is 2.39. The molecular formula is C13H24O8. The zero-order valence-electron chi connectivity index (χ0n) is 12.0. The van der Waals surface area contributed by atoms with Crippen molar-refractivity contribution in [3.8, 4) is 0 Å². The first-order valence-corrected chi connectivity index (χ1v) is 6.89. The number of aliphatic hydroxyl groups excluding tert-OH is 3. The van der Waals surface area contributed by atoms with Crippen LogP contribution in [0.4, 0.5) is 0 Å². The topological polar surface area (TPSA) is 123 Å². The smallest absolute Gasteiger partial charge is 0.305 e. The largest absolute Gasteiger partial charge is 0.463 e. The molecule has 0 spiro atoms. The second kappa shape index (κ2) is 13.7. The van der Waals surface area contributed by atoms with Crippen LogP contribution in [-0.2, 0) is 23.8 Å². The highest BCUT2D eigenvalue weighted by atomic mass is 16.6. The number of esters is 2. The van der Waals surface area contributed by atoms with Gasteiger partial charge in [0.15, 0.2) is 0 Å². The normalized spacial score (nSPS) is 12.0. The lowest BCUT2D eigenvalue weighted by atomic mass is 10.2. The fraction of sp³-hybridized carbons (Fsp3) is 0.846. The number of unbranched alkanes of at least 4 members (excludes halogenated alkanes) is 1. The predicted octanol–water partition coefficient (Wildman–Crippen LogP) is -1.00. The molecule has 0 amide bonds. The number of hydrogen-bond donors (Lipinski definition) is 3. The van der Waals surface area contributed by atoms with Gasteiger partial charge >= 0.3 is 11.9 Å². The van der Waals surface area contributed by atoms with E-state index in [2.05, 4.69) is 0 Å². The predicted molar refractivity (Wildman–Crippen MR) is 71.4 cm³/mol. The molecule has 1 atom stereocenters. The van der Waals surface area contributed by atoms with E-state index < -0.39 is 18.7 Å². The zero-order chi connectivity index (χ0) is 15.9. The van der Waals surface area contributed by atoms with Crippen LogP contribution in [0.1, 0.15) is 25.7 Å². The maximum atomic E-state index is 11.3. The van der Waals surface area contributed by atoms with Gasteiger partial charge in [0.25, 0.3) is 0 Å². The van der Waals surface area contributed by atoms with Gasteiger partial charge in [0.05, 0.1) is 26.4 Å². The Morgan fingerprint density at radius 2 is 1.52 bits per heavy atom. The van der Waals surface area contributed by atoms with Gasteiger partial charge in [-0.1, -0.05) is 0 Å². The first kappa shape index (κ1) is 19.8. The Balaban J connectivity index is 3.40. The highest BCUT2D eigenvalue weighted by molar-refractivity contribution is 5.70. The molecule has 0 aliphatic carbocycles. The summed E-state index contributed by atoms with van der Waals surface area (Å²) in [6.07, 6.45) is 0.257. The van der Waals surface area contributed by atoms with Gasteiger partial charge in [-0.25, -0.2) is 0 Å². The molecule has 0 aromatic heterocycles. The van der Waals surface area contributed by atoms with E-state index in [0.29, 0.717) is 12.8 Å². The van der Waals surface area contributed by atoms with Gasteiger partial charge in [0, 0.05) is 12.8 Å². The van der Waals surface area contributed by atoms with Crippen molar-refractivity contribution >= 4 is 11.9 Å². The summed E-state index contributed by atoms with van der Waals surface area (Å²) in [5, 5.41) is 26.0. The zero-order valence-corrected chi connectivity index (χ0v) is 12.0. The summed E-state index contributed by atoms with van der Waals surface area (Å²) in [5.74, 6) is -0.847. The van der Waals surface area contributed by atoms with Crippen molar-refractivity contribution in [3.05, 3.63) is 0 Å². The average Bonchev–Trinajstić information content (AvgIpc) is 2.48. The molecule has 0 aromatic carbocycles. The second-order valence-corrected chi connectivity index (χ2v) is 4.28. The fourth-order valence-electron chi connectivity index (χ4n) is 1.31. The van der Waals surface area contributed by atoms with E-state index >= 15 is 0 Å². The first-order valence-electron chi connectivity index (χ1n) is 6.89. The summed E-state index contributed by atoms with van der Waals surface area (Å²) in [6, 6.07) is 0. The van der Waals surface area contributed by atoms with Gasteiger partial charge in [-0.15, -0.1) is 0 Å². The number of rotatable bonds is 13. The van der Waals surface area contributed by atoms with Crippen molar-refractivity contribution in [2.75, 3.05) is 39.6 Å². The molecule has 8 nitrogen and oxygen atoms in total. The number of aliphatic hydroxyl groups is 3.